The molecule has 1 aromatic carbocycles. The van der Waals surface area contributed by atoms with Crippen molar-refractivity contribution in [3.05, 3.63) is 40.7 Å². The SMILES string of the molecule is N=C(C(=O)N1CCC2(CC1)CN(N)/C(=N\C(=O)c1nc(Cl)c(N=NN)nc1N=NN)N2N)c1ccccc1N. The van der Waals surface area contributed by atoms with Gasteiger partial charge in [-0.2, -0.15) is 4.99 Å². The van der Waals surface area contributed by atoms with E-state index in [1.165, 1.54) is 10.0 Å². The van der Waals surface area contributed by atoms with E-state index < -0.39 is 17.4 Å². The molecule has 0 saturated carbocycles. The number of halogens is 1. The molecule has 0 aliphatic carbocycles. The number of nitrogen functional groups attached to an aromatic ring is 1. The second kappa shape index (κ2) is 10.9. The number of nitrogens with one attached hydrogen (secondary N) is 1. The van der Waals surface area contributed by atoms with E-state index >= 15 is 0 Å². The molecule has 1 spiro atoms. The second-order valence-corrected chi connectivity index (χ2v) is 8.99. The average Bonchev–Trinajstić information content (AvgIpc) is 3.14. The number of nitrogens with zero attached hydrogens (tertiary/aromatic N) is 10. The molecule has 204 valence electrons. The van der Waals surface area contributed by atoms with Crippen LogP contribution in [0.3, 0.4) is 0 Å². The van der Waals surface area contributed by atoms with Crippen LogP contribution in [0.1, 0.15) is 28.9 Å². The Morgan fingerprint density at radius 1 is 1.03 bits per heavy atom. The van der Waals surface area contributed by atoms with Gasteiger partial charge < -0.3 is 22.3 Å². The number of piperidine rings is 1. The summed E-state index contributed by atoms with van der Waals surface area (Å²) < 4.78 is 0. The van der Waals surface area contributed by atoms with Crippen molar-refractivity contribution in [2.75, 3.05) is 25.4 Å². The number of para-hydroxylation sites is 1. The maximum atomic E-state index is 13.0. The van der Waals surface area contributed by atoms with Gasteiger partial charge in [0.25, 0.3) is 5.91 Å². The van der Waals surface area contributed by atoms with Crippen molar-refractivity contribution in [1.29, 1.82) is 5.41 Å². The van der Waals surface area contributed by atoms with E-state index in [1.807, 2.05) is 0 Å². The zero-order valence-electron chi connectivity index (χ0n) is 20.4. The van der Waals surface area contributed by atoms with Crippen LogP contribution in [0.25, 0.3) is 0 Å². The molecule has 2 fully saturated rings. The highest BCUT2D eigenvalue weighted by atomic mass is 35.5. The van der Waals surface area contributed by atoms with Crippen LogP contribution < -0.4 is 29.1 Å². The predicted octanol–water partition coefficient (Wildman–Crippen LogP) is -0.0825. The van der Waals surface area contributed by atoms with Gasteiger partial charge in [-0.05, 0) is 18.9 Å². The number of aromatic nitrogens is 2. The lowest BCUT2D eigenvalue weighted by Crippen LogP contribution is -2.58. The van der Waals surface area contributed by atoms with Crippen LogP contribution in [0.4, 0.5) is 17.3 Å². The molecule has 19 heteroatoms. The molecule has 0 bridgehead atoms. The summed E-state index contributed by atoms with van der Waals surface area (Å²) in [4.78, 5) is 39.4. The molecule has 0 radical (unpaired) electrons. The van der Waals surface area contributed by atoms with Gasteiger partial charge in [-0.15, -0.1) is 10.2 Å². The summed E-state index contributed by atoms with van der Waals surface area (Å²) in [6, 6.07) is 6.70. The number of hydrogen-bond acceptors (Lipinski definition) is 12. The van der Waals surface area contributed by atoms with E-state index in [9.17, 15) is 9.59 Å². The number of amides is 2. The van der Waals surface area contributed by atoms with Crippen LogP contribution in [-0.4, -0.2) is 73.5 Å². The monoisotopic (exact) mass is 556 g/mol. The van der Waals surface area contributed by atoms with Crippen molar-refractivity contribution >= 4 is 52.4 Å². The number of benzene rings is 1. The summed E-state index contributed by atoms with van der Waals surface area (Å²) >= 11 is 6.01. The van der Waals surface area contributed by atoms with Gasteiger partial charge in [0.1, 0.15) is 5.71 Å². The summed E-state index contributed by atoms with van der Waals surface area (Å²) in [6.45, 7) is 0.796. The Balaban J connectivity index is 1.52. The van der Waals surface area contributed by atoms with E-state index in [0.29, 0.717) is 24.1 Å². The van der Waals surface area contributed by atoms with Gasteiger partial charge in [-0.25, -0.2) is 21.7 Å². The Labute approximate surface area is 226 Å². The standard InChI is InChI=1S/C20H25ClN16O2/c21-14-16(32-34-25)29-15(31-33-24)13(28-14)17(38)30-19-36(26)9-20(37(19)27)5-7-35(8-6-20)18(39)12(23)10-3-1-2-4-11(10)22/h1-4,23H,5-9,22,26-27H2,(H4,24,25,29,31,32)/b23-12?,30-19+. The van der Waals surface area contributed by atoms with E-state index in [0.717, 1.165) is 0 Å². The Kier molecular flexibility index (Phi) is 7.61. The van der Waals surface area contributed by atoms with E-state index in [2.05, 4.69) is 35.6 Å². The number of carbonyl (C=O) groups excluding carboxylic acids is 2. The van der Waals surface area contributed by atoms with Crippen LogP contribution in [0.5, 0.6) is 0 Å². The number of rotatable bonds is 5. The first-order valence-corrected chi connectivity index (χ1v) is 11.7. The molecule has 4 rings (SSSR count). The molecule has 2 aliphatic heterocycles. The number of carbonyl (C=O) groups is 2. The first-order valence-electron chi connectivity index (χ1n) is 11.3. The lowest BCUT2D eigenvalue weighted by Gasteiger charge is -2.42. The van der Waals surface area contributed by atoms with Gasteiger partial charge in [-0.1, -0.05) is 40.2 Å². The zero-order chi connectivity index (χ0) is 28.3. The Morgan fingerprint density at radius 3 is 2.31 bits per heavy atom. The Bertz CT molecular complexity index is 1400. The molecule has 2 saturated heterocycles. The lowest BCUT2D eigenvalue weighted by molar-refractivity contribution is -0.126. The molecule has 0 atom stereocenters. The van der Waals surface area contributed by atoms with E-state index in [1.54, 1.807) is 29.2 Å². The molecular weight excluding hydrogens is 532 g/mol. The van der Waals surface area contributed by atoms with Crippen LogP contribution in [0, 0.1) is 5.41 Å². The topological polar surface area (TPSA) is 285 Å². The van der Waals surface area contributed by atoms with E-state index in [4.69, 9.17) is 46.1 Å². The molecule has 18 nitrogen and oxygen atoms in total. The second-order valence-electron chi connectivity index (χ2n) is 8.63. The number of nitrogens with two attached hydrogens (primary N) is 5. The third-order valence-electron chi connectivity index (χ3n) is 6.40. The molecule has 0 unspecified atom stereocenters. The summed E-state index contributed by atoms with van der Waals surface area (Å²) in [5, 5.41) is 23.8. The maximum Gasteiger partial charge on any atom is 0.302 e. The van der Waals surface area contributed by atoms with Gasteiger partial charge in [0.15, 0.2) is 10.8 Å². The molecule has 2 aromatic rings. The summed E-state index contributed by atoms with van der Waals surface area (Å²) in [7, 11) is 0. The molecular formula is C20H25ClN16O2. The van der Waals surface area contributed by atoms with Crippen LogP contribution >= 0.6 is 11.6 Å². The van der Waals surface area contributed by atoms with Crippen molar-refractivity contribution in [3.8, 4) is 0 Å². The van der Waals surface area contributed by atoms with Gasteiger partial charge in [-0.3, -0.25) is 25.0 Å². The number of anilines is 1. The third-order valence-corrected chi connectivity index (χ3v) is 6.65. The molecule has 39 heavy (non-hydrogen) atoms. The van der Waals surface area contributed by atoms with E-state index in [-0.39, 0.29) is 53.8 Å². The van der Waals surface area contributed by atoms with Crippen molar-refractivity contribution in [3.63, 3.8) is 0 Å². The average molecular weight is 557 g/mol. The van der Waals surface area contributed by atoms with Gasteiger partial charge in [0.2, 0.25) is 17.6 Å². The van der Waals surface area contributed by atoms with Gasteiger partial charge in [0.05, 0.1) is 12.1 Å². The first-order chi connectivity index (χ1) is 18.6. The van der Waals surface area contributed by atoms with Crippen LogP contribution in [-0.2, 0) is 4.79 Å². The number of hydrazine groups is 2. The number of aliphatic imine (C=N–C) groups is 1. The number of likely N-dealkylation sites (tertiary alicyclic amines) is 1. The summed E-state index contributed by atoms with van der Waals surface area (Å²) in [5.41, 5.74) is 5.32. The number of guanidine groups is 1. The van der Waals surface area contributed by atoms with Crippen molar-refractivity contribution in [1.82, 2.24) is 24.9 Å². The lowest BCUT2D eigenvalue weighted by atomic mass is 9.87. The minimum absolute atomic E-state index is 0.0520. The quantitative estimate of drug-likeness (QED) is 0.0929. The highest BCUT2D eigenvalue weighted by molar-refractivity contribution is 6.45. The fourth-order valence-electron chi connectivity index (χ4n) is 4.38. The highest BCUT2D eigenvalue weighted by Crippen LogP contribution is 2.34. The molecule has 2 aliphatic rings. The number of hydrogen-bond donors (Lipinski definition) is 6. The fourth-order valence-corrected chi connectivity index (χ4v) is 4.55. The third kappa shape index (κ3) is 5.15. The minimum atomic E-state index is -0.928. The molecule has 2 amide bonds. The zero-order valence-corrected chi connectivity index (χ0v) is 21.2. The molecule has 3 heterocycles. The largest absolute Gasteiger partial charge is 0.398 e. The van der Waals surface area contributed by atoms with Crippen LogP contribution in [0.15, 0.2) is 49.9 Å². The van der Waals surface area contributed by atoms with Crippen molar-refractivity contribution < 1.29 is 9.59 Å². The summed E-state index contributed by atoms with van der Waals surface area (Å²) in [5.74, 6) is 20.7. The van der Waals surface area contributed by atoms with Crippen molar-refractivity contribution in [2.45, 2.75) is 18.4 Å². The van der Waals surface area contributed by atoms with Crippen LogP contribution in [0.2, 0.25) is 5.15 Å². The maximum absolute atomic E-state index is 13.0. The highest BCUT2D eigenvalue weighted by Gasteiger charge is 2.49. The predicted molar refractivity (Wildman–Crippen MR) is 139 cm³/mol. The van der Waals surface area contributed by atoms with Crippen molar-refractivity contribution in [2.24, 2.45) is 49.0 Å². The Hall–Kier alpha value is -4.81. The molecule has 1 aromatic heterocycles. The Morgan fingerprint density at radius 2 is 1.67 bits per heavy atom. The normalized spacial score (nSPS) is 18.1. The van der Waals surface area contributed by atoms with Gasteiger partial charge >= 0.3 is 5.91 Å². The minimum Gasteiger partial charge on any atom is -0.398 e. The first kappa shape index (κ1) is 27.2. The smallest absolute Gasteiger partial charge is 0.302 e. The molecule has 11 N–H and O–H groups in total. The van der Waals surface area contributed by atoms with Gasteiger partial charge in [0, 0.05) is 24.3 Å². The summed E-state index contributed by atoms with van der Waals surface area (Å²) in [6.07, 6.45) is 0.787. The fraction of sp³-hybridized carbons (Fsp3) is 0.300.